The molecule has 12 nitrogen and oxygen atoms in total. The summed E-state index contributed by atoms with van der Waals surface area (Å²) in [7, 11) is 0. The van der Waals surface area contributed by atoms with E-state index in [1.54, 1.807) is 16.7 Å². The first-order valence-electron chi connectivity index (χ1n) is 12.2. The van der Waals surface area contributed by atoms with Crippen LogP contribution in [0.3, 0.4) is 0 Å². The summed E-state index contributed by atoms with van der Waals surface area (Å²) in [6.45, 7) is 3.50. The van der Waals surface area contributed by atoms with Crippen molar-refractivity contribution in [2.24, 2.45) is 4.99 Å². The van der Waals surface area contributed by atoms with Gasteiger partial charge in [-0.25, -0.2) is 4.99 Å². The number of hydrogen-bond donors (Lipinski definition) is 1. The summed E-state index contributed by atoms with van der Waals surface area (Å²) < 4.78 is 48.4. The molecule has 5 heterocycles. The van der Waals surface area contributed by atoms with Crippen molar-refractivity contribution in [3.8, 4) is 11.8 Å². The number of fused-ring (bicyclic) bond motifs is 3. The van der Waals surface area contributed by atoms with Crippen LogP contribution < -0.4 is 19.7 Å². The number of rotatable bonds is 6. The molecule has 0 aliphatic carbocycles. The normalized spacial score (nSPS) is 24.3. The van der Waals surface area contributed by atoms with Gasteiger partial charge in [0, 0.05) is 42.5 Å². The smallest absolute Gasteiger partial charge is 0.444 e. The lowest BCUT2D eigenvalue weighted by Gasteiger charge is -2.38. The molecule has 6 rings (SSSR count). The third-order valence-electron chi connectivity index (χ3n) is 7.11. The van der Waals surface area contributed by atoms with E-state index in [0.29, 0.717) is 26.5 Å². The zero-order valence-corrected chi connectivity index (χ0v) is 20.1. The Labute approximate surface area is 215 Å². The van der Waals surface area contributed by atoms with Gasteiger partial charge in [-0.1, -0.05) is 0 Å². The second-order valence-electron chi connectivity index (χ2n) is 9.61. The Morgan fingerprint density at radius 1 is 1.16 bits per heavy atom. The van der Waals surface area contributed by atoms with Crippen molar-refractivity contribution in [1.82, 2.24) is 24.7 Å². The molecule has 2 saturated heterocycles. The summed E-state index contributed by atoms with van der Waals surface area (Å²) in [5.74, 6) is 0.479. The number of nitrogens with zero attached hydrogens (tertiary/aromatic N) is 7. The van der Waals surface area contributed by atoms with E-state index < -0.39 is 11.3 Å². The summed E-state index contributed by atoms with van der Waals surface area (Å²) in [6.07, 6.45) is 1.64. The van der Waals surface area contributed by atoms with Gasteiger partial charge in [0.25, 0.3) is 0 Å². The van der Waals surface area contributed by atoms with Crippen LogP contribution in [-0.2, 0) is 6.54 Å². The highest BCUT2D eigenvalue weighted by Crippen LogP contribution is 2.36. The van der Waals surface area contributed by atoms with E-state index in [1.807, 2.05) is 17.2 Å². The predicted octanol–water partition coefficient (Wildman–Crippen LogP) is 2.15. The zero-order chi connectivity index (χ0) is 26.4. The second-order valence-corrected chi connectivity index (χ2v) is 9.61. The number of ether oxygens (including phenoxy) is 2. The van der Waals surface area contributed by atoms with Gasteiger partial charge in [-0.2, -0.15) is 0 Å². The first-order chi connectivity index (χ1) is 18.2. The Hall–Kier alpha value is -4.01. The number of aliphatic imine (C=N–C) groups is 1. The van der Waals surface area contributed by atoms with Crippen molar-refractivity contribution in [3.63, 3.8) is 0 Å². The molecule has 1 aromatic carbocycles. The Morgan fingerprint density at radius 2 is 1.92 bits per heavy atom. The monoisotopic (exact) mass is 534 g/mol. The summed E-state index contributed by atoms with van der Waals surface area (Å²) in [6, 6.07) is 6.81. The summed E-state index contributed by atoms with van der Waals surface area (Å²) in [5.41, 5.74) is 0.883. The summed E-state index contributed by atoms with van der Waals surface area (Å²) >= 11 is 0. The fraction of sp³-hybridized carbons (Fsp3) is 0.478. The zero-order valence-electron chi connectivity index (χ0n) is 20.1. The topological polar surface area (TPSA) is 114 Å². The SMILES string of the molecule is O=[N+]([O-])c1cn2c(n1)OC[C@@H](NCN1C=CC(N3CC4CC3CN4c3ccc(OC(F)(F)F)cc3)=NC1)C2. The molecule has 0 radical (unpaired) electrons. The maximum atomic E-state index is 12.4. The minimum absolute atomic E-state index is 0.0236. The van der Waals surface area contributed by atoms with E-state index in [2.05, 4.69) is 24.8 Å². The van der Waals surface area contributed by atoms with E-state index in [-0.39, 0.29) is 35.7 Å². The molecule has 2 aromatic rings. The van der Waals surface area contributed by atoms with E-state index in [1.165, 1.54) is 18.3 Å². The maximum Gasteiger partial charge on any atom is 0.573 e. The molecule has 0 amide bonds. The van der Waals surface area contributed by atoms with Crippen molar-refractivity contribution in [1.29, 1.82) is 0 Å². The average Bonchev–Trinajstić information content (AvgIpc) is 3.61. The molecule has 2 fully saturated rings. The first-order valence-corrected chi connectivity index (χ1v) is 12.2. The Bertz CT molecular complexity index is 1260. The minimum Gasteiger partial charge on any atom is -0.444 e. The van der Waals surface area contributed by atoms with Gasteiger partial charge >= 0.3 is 18.2 Å². The third-order valence-corrected chi connectivity index (χ3v) is 7.11. The molecule has 0 saturated carbocycles. The molecule has 1 N–H and O–H groups in total. The van der Waals surface area contributed by atoms with Crippen LogP contribution in [0.2, 0.25) is 0 Å². The van der Waals surface area contributed by atoms with Crippen LogP contribution in [0, 0.1) is 10.1 Å². The molecule has 202 valence electrons. The number of benzene rings is 1. The third kappa shape index (κ3) is 4.92. The van der Waals surface area contributed by atoms with Gasteiger partial charge < -0.3 is 34.3 Å². The predicted molar refractivity (Wildman–Crippen MR) is 129 cm³/mol. The van der Waals surface area contributed by atoms with Crippen LogP contribution >= 0.6 is 0 Å². The summed E-state index contributed by atoms with van der Waals surface area (Å²) in [5, 5.41) is 14.3. The van der Waals surface area contributed by atoms with Crippen LogP contribution in [0.15, 0.2) is 47.7 Å². The molecule has 15 heteroatoms. The highest BCUT2D eigenvalue weighted by Gasteiger charge is 2.44. The number of nitrogens with one attached hydrogen (secondary N) is 1. The number of likely N-dealkylation sites (tertiary alicyclic amines) is 1. The summed E-state index contributed by atoms with van der Waals surface area (Å²) in [4.78, 5) is 25.5. The van der Waals surface area contributed by atoms with Gasteiger partial charge in [-0.05, 0) is 41.7 Å². The molecule has 1 aromatic heterocycles. The van der Waals surface area contributed by atoms with Crippen LogP contribution in [0.1, 0.15) is 6.42 Å². The van der Waals surface area contributed by atoms with Crippen molar-refractivity contribution < 1.29 is 27.6 Å². The molecular formula is C23H25F3N8O4. The minimum atomic E-state index is -4.70. The highest BCUT2D eigenvalue weighted by molar-refractivity contribution is 5.94. The molecular weight excluding hydrogens is 509 g/mol. The number of imidazole rings is 1. The number of halogens is 3. The standard InChI is InChI=1S/C23H25F3N8O4/c24-23(25,26)38-19-3-1-16(2-4-19)32-9-18-7-17(32)10-33(18)20-5-6-30(14-28-20)13-27-15-8-31-11-21(34(35)36)29-22(31)37-12-15/h1-6,11,15,17-18,27H,7-10,12-14H2/t15-,17?,18?/m0/s1. The number of piperazine rings is 1. The number of hydrogen-bond acceptors (Lipinski definition) is 10. The molecule has 3 atom stereocenters. The number of nitro groups is 1. The van der Waals surface area contributed by atoms with Gasteiger partial charge in [-0.15, -0.1) is 13.2 Å². The Balaban J connectivity index is 0.979. The van der Waals surface area contributed by atoms with Crippen molar-refractivity contribution in [3.05, 3.63) is 52.9 Å². The fourth-order valence-corrected chi connectivity index (χ4v) is 5.38. The fourth-order valence-electron chi connectivity index (χ4n) is 5.38. The second kappa shape index (κ2) is 9.38. The van der Waals surface area contributed by atoms with Gasteiger partial charge in [0.05, 0.1) is 18.8 Å². The first kappa shape index (κ1) is 24.3. The average molecular weight is 534 g/mol. The molecule has 2 bridgehead atoms. The van der Waals surface area contributed by atoms with Crippen LogP contribution in [0.25, 0.3) is 0 Å². The van der Waals surface area contributed by atoms with Crippen molar-refractivity contribution in [2.45, 2.75) is 37.5 Å². The largest absolute Gasteiger partial charge is 0.573 e. The number of anilines is 1. The molecule has 4 aliphatic rings. The van der Waals surface area contributed by atoms with E-state index in [4.69, 9.17) is 9.73 Å². The Kier molecular flexibility index (Phi) is 6.01. The molecule has 2 unspecified atom stereocenters. The van der Waals surface area contributed by atoms with Crippen LogP contribution in [-0.4, -0.2) is 87.6 Å². The van der Waals surface area contributed by atoms with Crippen molar-refractivity contribution in [2.75, 3.05) is 37.9 Å². The molecule has 38 heavy (non-hydrogen) atoms. The molecule has 0 spiro atoms. The van der Waals surface area contributed by atoms with Gasteiger partial charge in [-0.3, -0.25) is 9.88 Å². The Morgan fingerprint density at radius 3 is 2.58 bits per heavy atom. The van der Waals surface area contributed by atoms with E-state index in [9.17, 15) is 23.3 Å². The van der Waals surface area contributed by atoms with Crippen molar-refractivity contribution >= 4 is 17.3 Å². The number of amidine groups is 1. The van der Waals surface area contributed by atoms with E-state index in [0.717, 1.165) is 31.0 Å². The van der Waals surface area contributed by atoms with Gasteiger partial charge in [0.2, 0.25) is 0 Å². The van der Waals surface area contributed by atoms with Gasteiger partial charge in [0.15, 0.2) is 0 Å². The quantitative estimate of drug-likeness (QED) is 0.440. The number of alkyl halides is 3. The lowest BCUT2D eigenvalue weighted by Crippen LogP contribution is -2.50. The lowest BCUT2D eigenvalue weighted by molar-refractivity contribution is -0.389. The van der Waals surface area contributed by atoms with Crippen LogP contribution in [0.4, 0.5) is 24.7 Å². The van der Waals surface area contributed by atoms with Crippen LogP contribution in [0.5, 0.6) is 11.8 Å². The number of aromatic nitrogens is 2. The van der Waals surface area contributed by atoms with Gasteiger partial charge in [0.1, 0.15) is 31.1 Å². The lowest BCUT2D eigenvalue weighted by atomic mass is 10.2. The maximum absolute atomic E-state index is 12.4. The van der Waals surface area contributed by atoms with E-state index >= 15 is 0 Å². The highest BCUT2D eigenvalue weighted by atomic mass is 19.4. The molecule has 4 aliphatic heterocycles.